The summed E-state index contributed by atoms with van der Waals surface area (Å²) in [6.07, 6.45) is 0. The van der Waals surface area contributed by atoms with Gasteiger partial charge in [0.1, 0.15) is 0 Å². The molecule has 0 atom stereocenters. The first-order valence-electron chi connectivity index (χ1n) is 9.17. The van der Waals surface area contributed by atoms with E-state index >= 15 is 0 Å². The van der Waals surface area contributed by atoms with Crippen molar-refractivity contribution in [2.45, 2.75) is 4.90 Å². The van der Waals surface area contributed by atoms with Gasteiger partial charge < -0.3 is 19.3 Å². The molecule has 156 valence electrons. The number of methoxy groups -OCH3 is 2. The Labute approximate surface area is 171 Å². The second-order valence-corrected chi connectivity index (χ2v) is 8.48. The van der Waals surface area contributed by atoms with Gasteiger partial charge >= 0.3 is 0 Å². The number of piperazine rings is 1. The van der Waals surface area contributed by atoms with Crippen LogP contribution < -0.4 is 14.2 Å². The summed E-state index contributed by atoms with van der Waals surface area (Å²) in [7, 11) is 1.14. The molecule has 3 rings (SSSR count). The molecule has 0 aromatic heterocycles. The minimum absolute atomic E-state index is 0.0487. The fourth-order valence-electron chi connectivity index (χ4n) is 3.07. The number of amides is 1. The van der Waals surface area contributed by atoms with Gasteiger partial charge in [-0.15, -0.1) is 0 Å². The lowest BCUT2D eigenvalue weighted by Crippen LogP contribution is -2.47. The summed E-state index contributed by atoms with van der Waals surface area (Å²) in [6, 6.07) is 10.8. The quantitative estimate of drug-likeness (QED) is 0.769. The average Bonchev–Trinajstić information content (AvgIpc) is 2.73. The molecule has 0 saturated carbocycles. The number of carbonyl (C=O) groups is 1. The van der Waals surface area contributed by atoms with Crippen LogP contribution >= 0.6 is 0 Å². The van der Waals surface area contributed by atoms with E-state index in [1.165, 1.54) is 32.4 Å². The molecule has 0 unspecified atom stereocenters. The molecule has 2 aromatic carbocycles. The zero-order chi connectivity index (χ0) is 21.0. The van der Waals surface area contributed by atoms with Crippen LogP contribution in [-0.4, -0.2) is 71.6 Å². The molecule has 1 amide bonds. The lowest BCUT2D eigenvalue weighted by molar-refractivity contribution is 0.0664. The van der Waals surface area contributed by atoms with Gasteiger partial charge in [0.2, 0.25) is 0 Å². The highest BCUT2D eigenvalue weighted by Crippen LogP contribution is 2.30. The molecule has 8 nitrogen and oxygen atoms in total. The summed E-state index contributed by atoms with van der Waals surface area (Å²) in [5.41, 5.74) is 0.901. The van der Waals surface area contributed by atoms with Crippen LogP contribution in [0.4, 0.5) is 5.69 Å². The number of anilines is 1. The van der Waals surface area contributed by atoms with Crippen LogP contribution in [0.25, 0.3) is 0 Å². The third-order valence-electron chi connectivity index (χ3n) is 4.84. The fourth-order valence-corrected chi connectivity index (χ4v) is 4.14. The third kappa shape index (κ3) is 4.80. The standard InChI is InChI=1S/C20H25N3O5S/c1-22-10-12-23(13-11-22)20(24)15-4-6-16(7-5-15)21-29(25,26)17-8-9-18(27-2)19(14-17)28-3/h4-9,14,21H,10-13H2,1-3H3. The Kier molecular flexibility index (Phi) is 6.29. The van der Waals surface area contributed by atoms with Crippen molar-refractivity contribution in [3.05, 3.63) is 48.0 Å². The van der Waals surface area contributed by atoms with Crippen molar-refractivity contribution >= 4 is 21.6 Å². The Bertz CT molecular complexity index is 968. The first-order chi connectivity index (χ1) is 13.8. The highest BCUT2D eigenvalue weighted by atomic mass is 32.2. The summed E-state index contributed by atoms with van der Waals surface area (Å²) in [6.45, 7) is 3.05. The highest BCUT2D eigenvalue weighted by Gasteiger charge is 2.21. The number of nitrogens with one attached hydrogen (secondary N) is 1. The van der Waals surface area contributed by atoms with Crippen molar-refractivity contribution < 1.29 is 22.7 Å². The van der Waals surface area contributed by atoms with Crippen molar-refractivity contribution in [3.8, 4) is 11.5 Å². The van der Waals surface area contributed by atoms with Gasteiger partial charge in [-0.25, -0.2) is 8.42 Å². The lowest BCUT2D eigenvalue weighted by atomic mass is 10.1. The number of benzene rings is 2. The van der Waals surface area contributed by atoms with E-state index < -0.39 is 10.0 Å². The molecule has 1 saturated heterocycles. The maximum absolute atomic E-state index is 12.7. The molecule has 0 aliphatic carbocycles. The van der Waals surface area contributed by atoms with Crippen LogP contribution in [0.2, 0.25) is 0 Å². The molecule has 29 heavy (non-hydrogen) atoms. The van der Waals surface area contributed by atoms with E-state index in [9.17, 15) is 13.2 Å². The molecule has 2 aromatic rings. The SMILES string of the molecule is COc1ccc(S(=O)(=O)Nc2ccc(C(=O)N3CCN(C)CC3)cc2)cc1OC. The van der Waals surface area contributed by atoms with Gasteiger partial charge in [-0.05, 0) is 43.4 Å². The van der Waals surface area contributed by atoms with E-state index in [0.29, 0.717) is 35.8 Å². The molecule has 1 N–H and O–H groups in total. The Morgan fingerprint density at radius 1 is 0.931 bits per heavy atom. The smallest absolute Gasteiger partial charge is 0.262 e. The van der Waals surface area contributed by atoms with Crippen molar-refractivity contribution in [1.29, 1.82) is 0 Å². The zero-order valence-electron chi connectivity index (χ0n) is 16.7. The highest BCUT2D eigenvalue weighted by molar-refractivity contribution is 7.92. The maximum Gasteiger partial charge on any atom is 0.262 e. The Morgan fingerprint density at radius 3 is 2.14 bits per heavy atom. The van der Waals surface area contributed by atoms with Gasteiger partial charge in [0, 0.05) is 43.5 Å². The Hall–Kier alpha value is -2.78. The maximum atomic E-state index is 12.7. The van der Waals surface area contributed by atoms with Crippen LogP contribution in [0.3, 0.4) is 0 Å². The predicted molar refractivity (Wildman–Crippen MR) is 110 cm³/mol. The number of hydrogen-bond donors (Lipinski definition) is 1. The van der Waals surface area contributed by atoms with Crippen molar-refractivity contribution in [3.63, 3.8) is 0 Å². The predicted octanol–water partition coefficient (Wildman–Crippen LogP) is 1.89. The average molecular weight is 420 g/mol. The van der Waals surface area contributed by atoms with Gasteiger partial charge in [-0.1, -0.05) is 0 Å². The van der Waals surface area contributed by atoms with Gasteiger partial charge in [0.15, 0.2) is 11.5 Å². The van der Waals surface area contributed by atoms with E-state index in [2.05, 4.69) is 9.62 Å². The van der Waals surface area contributed by atoms with Crippen LogP contribution in [0, 0.1) is 0 Å². The summed E-state index contributed by atoms with van der Waals surface area (Å²) in [5.74, 6) is 0.717. The van der Waals surface area contributed by atoms with E-state index in [4.69, 9.17) is 9.47 Å². The zero-order valence-corrected chi connectivity index (χ0v) is 17.5. The first-order valence-corrected chi connectivity index (χ1v) is 10.6. The van der Waals surface area contributed by atoms with E-state index in [1.54, 1.807) is 24.3 Å². The Morgan fingerprint density at radius 2 is 1.55 bits per heavy atom. The van der Waals surface area contributed by atoms with Crippen LogP contribution in [0.5, 0.6) is 11.5 Å². The van der Waals surface area contributed by atoms with Gasteiger partial charge in [0.05, 0.1) is 19.1 Å². The number of sulfonamides is 1. The molecule has 0 bridgehead atoms. The van der Waals surface area contributed by atoms with E-state index in [-0.39, 0.29) is 10.8 Å². The second kappa shape index (κ2) is 8.71. The summed E-state index contributed by atoms with van der Waals surface area (Å²) < 4.78 is 38.2. The molecule has 0 spiro atoms. The molecular formula is C20H25N3O5S. The van der Waals surface area contributed by atoms with Crippen molar-refractivity contribution in [2.75, 3.05) is 52.2 Å². The number of nitrogens with zero attached hydrogens (tertiary/aromatic N) is 2. The molecule has 0 radical (unpaired) electrons. The monoisotopic (exact) mass is 419 g/mol. The molecule has 1 aliphatic heterocycles. The van der Waals surface area contributed by atoms with E-state index in [0.717, 1.165) is 13.1 Å². The molecule has 1 heterocycles. The topological polar surface area (TPSA) is 88.2 Å². The van der Waals surface area contributed by atoms with Crippen LogP contribution in [-0.2, 0) is 10.0 Å². The second-order valence-electron chi connectivity index (χ2n) is 6.80. The lowest BCUT2D eigenvalue weighted by Gasteiger charge is -2.32. The minimum atomic E-state index is -3.82. The number of ether oxygens (including phenoxy) is 2. The van der Waals surface area contributed by atoms with Gasteiger partial charge in [0.25, 0.3) is 15.9 Å². The summed E-state index contributed by atoms with van der Waals surface area (Å²) in [4.78, 5) is 16.6. The number of carbonyl (C=O) groups excluding carboxylic acids is 1. The first kappa shape index (κ1) is 20.9. The summed E-state index contributed by atoms with van der Waals surface area (Å²) >= 11 is 0. The normalized spacial score (nSPS) is 15.1. The van der Waals surface area contributed by atoms with Gasteiger partial charge in [-0.3, -0.25) is 9.52 Å². The molecule has 1 fully saturated rings. The van der Waals surface area contributed by atoms with Crippen LogP contribution in [0.15, 0.2) is 47.4 Å². The largest absolute Gasteiger partial charge is 0.493 e. The Balaban J connectivity index is 1.72. The number of rotatable bonds is 6. The molecule has 1 aliphatic rings. The third-order valence-corrected chi connectivity index (χ3v) is 6.22. The van der Waals surface area contributed by atoms with Crippen molar-refractivity contribution in [1.82, 2.24) is 9.80 Å². The minimum Gasteiger partial charge on any atom is -0.493 e. The van der Waals surface area contributed by atoms with Gasteiger partial charge in [-0.2, -0.15) is 0 Å². The fraction of sp³-hybridized carbons (Fsp3) is 0.350. The van der Waals surface area contributed by atoms with Crippen molar-refractivity contribution in [2.24, 2.45) is 0 Å². The molecular weight excluding hydrogens is 394 g/mol. The summed E-state index contributed by atoms with van der Waals surface area (Å²) in [5, 5.41) is 0. The van der Waals surface area contributed by atoms with Crippen LogP contribution in [0.1, 0.15) is 10.4 Å². The number of hydrogen-bond acceptors (Lipinski definition) is 6. The van der Waals surface area contributed by atoms with E-state index in [1.807, 2.05) is 11.9 Å². The molecule has 9 heteroatoms. The number of likely N-dealkylation sites (N-methyl/N-ethyl adjacent to an activating group) is 1.